The molecule has 92 valence electrons. The Morgan fingerprint density at radius 1 is 1.47 bits per heavy atom. The zero-order valence-electron chi connectivity index (χ0n) is 9.72. The molecule has 4 heteroatoms. The molecule has 2 rings (SSSR count). The molecular weight excluding hydrogens is 234 g/mol. The summed E-state index contributed by atoms with van der Waals surface area (Å²) < 4.78 is 11.1. The first-order valence-electron chi connectivity index (χ1n) is 5.84. The Morgan fingerprint density at radius 3 is 3.00 bits per heavy atom. The maximum atomic E-state index is 5.66. The van der Waals surface area contributed by atoms with Crippen LogP contribution in [0.4, 0.5) is 0 Å². The van der Waals surface area contributed by atoms with E-state index in [0.29, 0.717) is 18.2 Å². The molecule has 0 saturated carbocycles. The molecule has 0 bridgehead atoms. The number of benzene rings is 1. The van der Waals surface area contributed by atoms with Gasteiger partial charge in [-0.2, -0.15) is 0 Å². The van der Waals surface area contributed by atoms with Crippen LogP contribution in [0.5, 0.6) is 0 Å². The molecule has 1 aromatic rings. The van der Waals surface area contributed by atoms with Crippen LogP contribution in [0.25, 0.3) is 0 Å². The molecule has 1 unspecified atom stereocenters. The van der Waals surface area contributed by atoms with Crippen molar-refractivity contribution in [3.05, 3.63) is 35.4 Å². The fourth-order valence-corrected chi connectivity index (χ4v) is 2.16. The van der Waals surface area contributed by atoms with Gasteiger partial charge in [0.25, 0.3) is 0 Å². The Balaban J connectivity index is 1.87. The fraction of sp³-hybridized carbons (Fsp3) is 0.462. The number of thiocarbonyl (C=S) groups is 1. The predicted octanol–water partition coefficient (Wildman–Crippen LogP) is 2.02. The van der Waals surface area contributed by atoms with Crippen molar-refractivity contribution in [2.45, 2.75) is 25.6 Å². The minimum absolute atomic E-state index is 0.256. The van der Waals surface area contributed by atoms with E-state index in [4.69, 9.17) is 27.4 Å². The maximum absolute atomic E-state index is 5.66. The number of nitrogens with two attached hydrogens (primary N) is 1. The van der Waals surface area contributed by atoms with Crippen LogP contribution in [0, 0.1) is 0 Å². The average molecular weight is 251 g/mol. The summed E-state index contributed by atoms with van der Waals surface area (Å²) >= 11 is 5.00. The van der Waals surface area contributed by atoms with Crippen molar-refractivity contribution in [1.29, 1.82) is 0 Å². The number of rotatable bonds is 5. The highest BCUT2D eigenvalue weighted by atomic mass is 32.1. The van der Waals surface area contributed by atoms with E-state index in [1.807, 2.05) is 24.3 Å². The second-order valence-corrected chi connectivity index (χ2v) is 4.61. The first-order chi connectivity index (χ1) is 8.27. The highest BCUT2D eigenvalue weighted by Crippen LogP contribution is 2.14. The van der Waals surface area contributed by atoms with E-state index in [1.54, 1.807) is 0 Å². The molecule has 0 aliphatic carbocycles. The van der Waals surface area contributed by atoms with E-state index in [2.05, 4.69) is 0 Å². The van der Waals surface area contributed by atoms with E-state index in [9.17, 15) is 0 Å². The Morgan fingerprint density at radius 2 is 2.29 bits per heavy atom. The molecule has 0 radical (unpaired) electrons. The minimum Gasteiger partial charge on any atom is -0.389 e. The van der Waals surface area contributed by atoms with Crippen LogP contribution in [0.2, 0.25) is 0 Å². The maximum Gasteiger partial charge on any atom is 0.104 e. The van der Waals surface area contributed by atoms with E-state index in [-0.39, 0.29) is 6.10 Å². The lowest BCUT2D eigenvalue weighted by Crippen LogP contribution is -2.16. The van der Waals surface area contributed by atoms with E-state index in [1.165, 1.54) is 0 Å². The van der Waals surface area contributed by atoms with Crippen molar-refractivity contribution >= 4 is 17.2 Å². The lowest BCUT2D eigenvalue weighted by atomic mass is 10.1. The van der Waals surface area contributed by atoms with Gasteiger partial charge in [0.1, 0.15) is 4.99 Å². The van der Waals surface area contributed by atoms with Gasteiger partial charge in [-0.15, -0.1) is 0 Å². The molecule has 17 heavy (non-hydrogen) atoms. The van der Waals surface area contributed by atoms with Gasteiger partial charge in [-0.05, 0) is 18.4 Å². The van der Waals surface area contributed by atoms with E-state index in [0.717, 1.165) is 30.6 Å². The summed E-state index contributed by atoms with van der Waals surface area (Å²) in [6.07, 6.45) is 2.49. The summed E-state index contributed by atoms with van der Waals surface area (Å²) in [6, 6.07) is 7.81. The van der Waals surface area contributed by atoms with E-state index < -0.39 is 0 Å². The Hall–Kier alpha value is -0.970. The van der Waals surface area contributed by atoms with Gasteiger partial charge in [-0.25, -0.2) is 0 Å². The smallest absolute Gasteiger partial charge is 0.104 e. The van der Waals surface area contributed by atoms with Crippen LogP contribution < -0.4 is 5.73 Å². The SMILES string of the molecule is NC(=S)c1ccccc1COCC1CCCO1. The topological polar surface area (TPSA) is 44.5 Å². The van der Waals surface area contributed by atoms with Gasteiger partial charge in [0.15, 0.2) is 0 Å². The first-order valence-corrected chi connectivity index (χ1v) is 6.25. The molecule has 1 saturated heterocycles. The quantitative estimate of drug-likeness (QED) is 0.813. The first kappa shape index (κ1) is 12.5. The van der Waals surface area contributed by atoms with Crippen molar-refractivity contribution in [3.8, 4) is 0 Å². The molecule has 1 fully saturated rings. The van der Waals surface area contributed by atoms with Gasteiger partial charge in [-0.1, -0.05) is 36.5 Å². The Labute approximate surface area is 107 Å². The summed E-state index contributed by atoms with van der Waals surface area (Å²) in [6.45, 7) is 2.04. The van der Waals surface area contributed by atoms with Crippen LogP contribution in [-0.4, -0.2) is 24.3 Å². The number of ether oxygens (including phenoxy) is 2. The molecular formula is C13H17NO2S. The summed E-state index contributed by atoms with van der Waals surface area (Å²) in [5.74, 6) is 0. The molecule has 1 aromatic carbocycles. The Kier molecular flexibility index (Phi) is 4.48. The third kappa shape index (κ3) is 3.49. The average Bonchev–Trinajstić information content (AvgIpc) is 2.82. The lowest BCUT2D eigenvalue weighted by molar-refractivity contribution is 0.0105. The lowest BCUT2D eigenvalue weighted by Gasteiger charge is -2.12. The third-order valence-electron chi connectivity index (χ3n) is 2.87. The van der Waals surface area contributed by atoms with Crippen LogP contribution in [0.1, 0.15) is 24.0 Å². The van der Waals surface area contributed by atoms with Gasteiger partial charge >= 0.3 is 0 Å². The Bertz CT molecular complexity index is 389. The minimum atomic E-state index is 0.256. The second kappa shape index (κ2) is 6.10. The van der Waals surface area contributed by atoms with Gasteiger partial charge in [0, 0.05) is 12.2 Å². The van der Waals surface area contributed by atoms with Gasteiger partial charge in [-0.3, -0.25) is 0 Å². The summed E-state index contributed by atoms with van der Waals surface area (Å²) in [4.78, 5) is 0.418. The van der Waals surface area contributed by atoms with Crippen molar-refractivity contribution in [2.24, 2.45) is 5.73 Å². The molecule has 2 N–H and O–H groups in total. The zero-order chi connectivity index (χ0) is 12.1. The normalized spacial score (nSPS) is 19.4. The molecule has 1 atom stereocenters. The standard InChI is InChI=1S/C13H17NO2S/c14-13(17)12-6-2-1-4-10(12)8-15-9-11-5-3-7-16-11/h1-2,4,6,11H,3,5,7-9H2,(H2,14,17). The number of hydrogen-bond acceptors (Lipinski definition) is 3. The second-order valence-electron chi connectivity index (χ2n) is 4.17. The van der Waals surface area contributed by atoms with Gasteiger partial charge < -0.3 is 15.2 Å². The summed E-state index contributed by atoms with van der Waals surface area (Å²) in [7, 11) is 0. The van der Waals surface area contributed by atoms with Gasteiger partial charge in [0.2, 0.25) is 0 Å². The predicted molar refractivity (Wildman–Crippen MR) is 71.0 cm³/mol. The molecule has 3 nitrogen and oxygen atoms in total. The molecule has 0 spiro atoms. The summed E-state index contributed by atoms with van der Waals surface area (Å²) in [5.41, 5.74) is 7.60. The molecule has 1 heterocycles. The van der Waals surface area contributed by atoms with Crippen molar-refractivity contribution < 1.29 is 9.47 Å². The third-order valence-corrected chi connectivity index (χ3v) is 3.09. The van der Waals surface area contributed by atoms with Crippen molar-refractivity contribution in [1.82, 2.24) is 0 Å². The molecule has 1 aliphatic heterocycles. The van der Waals surface area contributed by atoms with Crippen LogP contribution >= 0.6 is 12.2 Å². The van der Waals surface area contributed by atoms with E-state index >= 15 is 0 Å². The molecule has 0 amide bonds. The summed E-state index contributed by atoms with van der Waals surface area (Å²) in [5, 5.41) is 0. The van der Waals surface area contributed by atoms with Crippen LogP contribution in [-0.2, 0) is 16.1 Å². The van der Waals surface area contributed by atoms with Crippen molar-refractivity contribution in [2.75, 3.05) is 13.2 Å². The fourth-order valence-electron chi connectivity index (χ4n) is 1.96. The largest absolute Gasteiger partial charge is 0.389 e. The van der Waals surface area contributed by atoms with Crippen LogP contribution in [0.3, 0.4) is 0 Å². The monoisotopic (exact) mass is 251 g/mol. The van der Waals surface area contributed by atoms with Crippen molar-refractivity contribution in [3.63, 3.8) is 0 Å². The zero-order valence-corrected chi connectivity index (χ0v) is 10.5. The highest BCUT2D eigenvalue weighted by molar-refractivity contribution is 7.80. The molecule has 0 aromatic heterocycles. The highest BCUT2D eigenvalue weighted by Gasteiger charge is 2.15. The van der Waals surface area contributed by atoms with Gasteiger partial charge in [0.05, 0.1) is 19.3 Å². The number of hydrogen-bond donors (Lipinski definition) is 1. The van der Waals surface area contributed by atoms with Crippen LogP contribution in [0.15, 0.2) is 24.3 Å². The molecule has 1 aliphatic rings.